The molecular formula is C45H57N3O10. The molecule has 6 rings (SSSR count). The number of amides is 3. The molecule has 3 aliphatic heterocycles. The maximum atomic E-state index is 12.9. The van der Waals surface area contributed by atoms with Crippen LogP contribution in [0.25, 0.3) is 11.1 Å². The molecule has 0 bridgehead atoms. The van der Waals surface area contributed by atoms with Crippen LogP contribution in [0.1, 0.15) is 77.3 Å². The van der Waals surface area contributed by atoms with Gasteiger partial charge in [0, 0.05) is 38.4 Å². The normalized spacial score (nSPS) is 28.4. The summed E-state index contributed by atoms with van der Waals surface area (Å²) < 4.78 is 28.8. The van der Waals surface area contributed by atoms with E-state index in [0.717, 1.165) is 34.2 Å². The maximum absolute atomic E-state index is 12.9. The van der Waals surface area contributed by atoms with Crippen molar-refractivity contribution in [2.75, 3.05) is 26.3 Å². The fourth-order valence-electron chi connectivity index (χ4n) is 8.18. The van der Waals surface area contributed by atoms with E-state index in [1.807, 2.05) is 50.3 Å². The smallest absolute Gasteiger partial charge is 0.407 e. The van der Waals surface area contributed by atoms with Crippen LogP contribution in [0.5, 0.6) is 0 Å². The summed E-state index contributed by atoms with van der Waals surface area (Å²) in [6.07, 6.45) is 7.39. The summed E-state index contributed by atoms with van der Waals surface area (Å²) in [5.74, 6) is -0.749. The molecule has 0 aromatic heterocycles. The number of rotatable bonds is 15. The Hall–Kier alpha value is -4.82. The Labute approximate surface area is 340 Å². The second kappa shape index (κ2) is 19.3. The lowest BCUT2D eigenvalue weighted by Crippen LogP contribution is -2.51. The first-order valence-electron chi connectivity index (χ1n) is 20.3. The van der Waals surface area contributed by atoms with Gasteiger partial charge in [-0.05, 0) is 67.9 Å². The Kier molecular flexibility index (Phi) is 14.2. The lowest BCUT2D eigenvalue weighted by Gasteiger charge is -2.39. The zero-order valence-corrected chi connectivity index (χ0v) is 34.0. The number of ether oxygens (including phenoxy) is 5. The van der Waals surface area contributed by atoms with Crippen molar-refractivity contribution in [2.24, 2.45) is 5.92 Å². The maximum Gasteiger partial charge on any atom is 0.407 e. The van der Waals surface area contributed by atoms with E-state index in [-0.39, 0.29) is 68.0 Å². The third-order valence-corrected chi connectivity index (χ3v) is 11.4. The van der Waals surface area contributed by atoms with Gasteiger partial charge >= 0.3 is 12.1 Å². The number of epoxide rings is 1. The van der Waals surface area contributed by atoms with Crippen LogP contribution in [0.2, 0.25) is 0 Å². The van der Waals surface area contributed by atoms with Crippen LogP contribution < -0.4 is 16.0 Å². The van der Waals surface area contributed by atoms with Crippen molar-refractivity contribution >= 4 is 23.9 Å². The molecule has 3 saturated heterocycles. The number of hydrogen-bond donors (Lipinski definition) is 4. The number of aliphatic hydroxyl groups is 1. The van der Waals surface area contributed by atoms with Gasteiger partial charge in [-0.1, -0.05) is 79.3 Å². The first-order valence-corrected chi connectivity index (χ1v) is 20.3. The molecule has 1 spiro atoms. The van der Waals surface area contributed by atoms with Crippen molar-refractivity contribution in [2.45, 2.75) is 114 Å². The first-order chi connectivity index (χ1) is 27.8. The predicted molar refractivity (Wildman–Crippen MR) is 217 cm³/mol. The van der Waals surface area contributed by atoms with E-state index in [9.17, 15) is 24.3 Å². The van der Waals surface area contributed by atoms with Crippen molar-refractivity contribution in [1.29, 1.82) is 0 Å². The quantitative estimate of drug-likeness (QED) is 0.0630. The third-order valence-electron chi connectivity index (χ3n) is 11.4. The molecule has 0 saturated carbocycles. The zero-order chi connectivity index (χ0) is 41.4. The summed E-state index contributed by atoms with van der Waals surface area (Å²) in [5, 5.41) is 19.7. The standard InChI is InChI=1S/C45H57N3O10/c1-27(14-17-39-28(2)22-38(30(4)57-39)48-41(50)19-16-29(3)56-31(5)49)15-18-40-43(52)45(26-55-45)24-32(58-40)23-42(51)46-20-21-47-44(53)54-25-37-35-12-8-6-10-33(35)34-11-7-9-13-36(34)37/h6-16,18-19,28-30,32,37-40,43,52H,17,20-26H2,1-5H3,(H,46,51)(H,47,53)(H,48,50)/b18-15+,19-16?,27-14+/t28-,29?,30+,32+,38+,39-,40+,43+,45+/m0/s1. The number of esters is 1. The highest BCUT2D eigenvalue weighted by molar-refractivity contribution is 5.88. The average molecular weight is 800 g/mol. The number of alkyl carbamates (subject to hydrolysis) is 1. The lowest BCUT2D eigenvalue weighted by molar-refractivity contribution is -0.145. The number of aliphatic hydroxyl groups excluding tert-OH is 1. The Balaban J connectivity index is 0.906. The van der Waals surface area contributed by atoms with Gasteiger partial charge in [0.15, 0.2) is 0 Å². The predicted octanol–water partition coefficient (Wildman–Crippen LogP) is 5.02. The molecule has 1 unspecified atom stereocenters. The van der Waals surface area contributed by atoms with Crippen molar-refractivity contribution in [3.8, 4) is 11.1 Å². The van der Waals surface area contributed by atoms with Gasteiger partial charge in [-0.2, -0.15) is 0 Å². The van der Waals surface area contributed by atoms with Crippen LogP contribution in [0.15, 0.2) is 84.5 Å². The van der Waals surface area contributed by atoms with Gasteiger partial charge < -0.3 is 44.7 Å². The van der Waals surface area contributed by atoms with Gasteiger partial charge in [0.2, 0.25) is 11.8 Å². The van der Waals surface area contributed by atoms with Gasteiger partial charge in [0.25, 0.3) is 0 Å². The van der Waals surface area contributed by atoms with Gasteiger partial charge in [0.05, 0.1) is 37.4 Å². The molecular weight excluding hydrogens is 743 g/mol. The van der Waals surface area contributed by atoms with E-state index in [0.29, 0.717) is 19.4 Å². The Morgan fingerprint density at radius 3 is 2.31 bits per heavy atom. The van der Waals surface area contributed by atoms with Gasteiger partial charge in [-0.25, -0.2) is 4.79 Å². The molecule has 3 fully saturated rings. The van der Waals surface area contributed by atoms with Crippen LogP contribution >= 0.6 is 0 Å². The first kappa shape index (κ1) is 42.8. The SMILES string of the molecule is CC(=O)OC(C)C=CC(=O)N[C@@H]1C[C@H](C)[C@H](C/C=C(C)/C=C/[C@H]2O[C@H](CC(=O)NCCNC(=O)OCC3c4ccccc4-c4ccccc43)C[C@@]3(CO3)[C@@H]2O)O[C@@H]1C. The van der Waals surface area contributed by atoms with Crippen molar-refractivity contribution in [3.63, 3.8) is 0 Å². The minimum absolute atomic E-state index is 0.0356. The van der Waals surface area contributed by atoms with Crippen molar-refractivity contribution in [3.05, 3.63) is 95.6 Å². The summed E-state index contributed by atoms with van der Waals surface area (Å²) >= 11 is 0. The van der Waals surface area contributed by atoms with E-state index >= 15 is 0 Å². The molecule has 2 aromatic carbocycles. The lowest BCUT2D eigenvalue weighted by atomic mass is 9.87. The summed E-state index contributed by atoms with van der Waals surface area (Å²) in [4.78, 5) is 49.0. The molecule has 4 N–H and O–H groups in total. The molecule has 9 atom stereocenters. The Morgan fingerprint density at radius 2 is 1.64 bits per heavy atom. The summed E-state index contributed by atoms with van der Waals surface area (Å²) in [5.41, 5.74) is 4.83. The molecule has 58 heavy (non-hydrogen) atoms. The molecule has 312 valence electrons. The molecule has 0 radical (unpaired) electrons. The number of allylic oxidation sites excluding steroid dienone is 2. The highest BCUT2D eigenvalue weighted by Gasteiger charge is 2.58. The molecule has 4 aliphatic rings. The topological polar surface area (TPSA) is 174 Å². The minimum atomic E-state index is -0.869. The van der Waals surface area contributed by atoms with Crippen LogP contribution in [0.4, 0.5) is 4.79 Å². The summed E-state index contributed by atoms with van der Waals surface area (Å²) in [7, 11) is 0. The second-order valence-corrected chi connectivity index (χ2v) is 16.0. The van der Waals surface area contributed by atoms with E-state index in [4.69, 9.17) is 23.7 Å². The van der Waals surface area contributed by atoms with E-state index in [2.05, 4.69) is 53.2 Å². The van der Waals surface area contributed by atoms with Crippen molar-refractivity contribution in [1.82, 2.24) is 16.0 Å². The van der Waals surface area contributed by atoms with Crippen LogP contribution in [0, 0.1) is 5.92 Å². The molecule has 3 amide bonds. The van der Waals surface area contributed by atoms with Crippen LogP contribution in [-0.2, 0) is 38.1 Å². The summed E-state index contributed by atoms with van der Waals surface area (Å²) in [6, 6.07) is 16.2. The Morgan fingerprint density at radius 1 is 0.966 bits per heavy atom. The number of fused-ring (bicyclic) bond motifs is 3. The molecule has 2 aromatic rings. The largest absolute Gasteiger partial charge is 0.459 e. The van der Waals surface area contributed by atoms with E-state index < -0.39 is 42.1 Å². The highest BCUT2D eigenvalue weighted by Crippen LogP contribution is 2.45. The fraction of sp³-hybridized carbons (Fsp3) is 0.511. The van der Waals surface area contributed by atoms with Gasteiger partial charge in [0.1, 0.15) is 30.5 Å². The molecule has 13 nitrogen and oxygen atoms in total. The number of carbonyl (C=O) groups is 4. The number of nitrogens with one attached hydrogen (secondary N) is 3. The van der Waals surface area contributed by atoms with E-state index in [1.165, 1.54) is 13.0 Å². The number of carbonyl (C=O) groups excluding carboxylic acids is 4. The van der Waals surface area contributed by atoms with Gasteiger partial charge in [-0.3, -0.25) is 14.4 Å². The number of hydrogen-bond acceptors (Lipinski definition) is 10. The second-order valence-electron chi connectivity index (χ2n) is 16.0. The average Bonchev–Trinajstić information content (AvgIpc) is 3.89. The molecule has 13 heteroatoms. The van der Waals surface area contributed by atoms with Gasteiger partial charge in [-0.15, -0.1) is 0 Å². The number of benzene rings is 2. The fourth-order valence-corrected chi connectivity index (χ4v) is 8.18. The van der Waals surface area contributed by atoms with Crippen LogP contribution in [0.3, 0.4) is 0 Å². The highest BCUT2D eigenvalue weighted by atomic mass is 16.6. The van der Waals surface area contributed by atoms with Crippen LogP contribution in [-0.4, -0.2) is 104 Å². The van der Waals surface area contributed by atoms with E-state index in [1.54, 1.807) is 13.0 Å². The minimum Gasteiger partial charge on any atom is -0.459 e. The summed E-state index contributed by atoms with van der Waals surface area (Å²) in [6.45, 7) is 10.1. The Bertz CT molecular complexity index is 1840. The molecule has 3 heterocycles. The van der Waals surface area contributed by atoms with Crippen molar-refractivity contribution < 1.29 is 48.0 Å². The monoisotopic (exact) mass is 799 g/mol. The molecule has 1 aliphatic carbocycles. The zero-order valence-electron chi connectivity index (χ0n) is 34.0. The third kappa shape index (κ3) is 11.0.